The number of halogens is 4. The van der Waals surface area contributed by atoms with Crippen molar-refractivity contribution in [3.63, 3.8) is 0 Å². The SMILES string of the molecule is CCOC(=O)c1cncc(-c2cnc(Nc3cc(F)cc(OC)c3)nc2-n2ccc(C(F)(F)F)n2)c1. The molecule has 0 spiro atoms. The Morgan fingerprint density at radius 2 is 1.94 bits per heavy atom. The van der Waals surface area contributed by atoms with Crippen LogP contribution in [-0.2, 0) is 10.9 Å². The molecule has 0 saturated heterocycles. The number of carbonyl (C=O) groups excluding carboxylic acids is 1. The molecule has 13 heteroatoms. The summed E-state index contributed by atoms with van der Waals surface area (Å²) in [7, 11) is 1.37. The maximum atomic E-state index is 13.9. The predicted molar refractivity (Wildman–Crippen MR) is 120 cm³/mol. The third-order valence-electron chi connectivity index (χ3n) is 4.79. The van der Waals surface area contributed by atoms with Crippen molar-refractivity contribution in [1.29, 1.82) is 0 Å². The lowest BCUT2D eigenvalue weighted by molar-refractivity contribution is -0.141. The van der Waals surface area contributed by atoms with Crippen LogP contribution < -0.4 is 10.1 Å². The highest BCUT2D eigenvalue weighted by Crippen LogP contribution is 2.31. The molecule has 9 nitrogen and oxygen atoms in total. The smallest absolute Gasteiger partial charge is 0.435 e. The van der Waals surface area contributed by atoms with Crippen LogP contribution in [0.3, 0.4) is 0 Å². The van der Waals surface area contributed by atoms with Gasteiger partial charge in [-0.05, 0) is 25.1 Å². The number of aromatic nitrogens is 5. The fraction of sp³-hybridized carbons (Fsp3) is 0.174. The van der Waals surface area contributed by atoms with Crippen molar-refractivity contribution in [2.75, 3.05) is 19.0 Å². The van der Waals surface area contributed by atoms with Crippen LogP contribution in [0.15, 0.2) is 55.1 Å². The van der Waals surface area contributed by atoms with Gasteiger partial charge in [0.05, 0.1) is 19.3 Å². The monoisotopic (exact) mass is 502 g/mol. The van der Waals surface area contributed by atoms with Gasteiger partial charge in [-0.25, -0.2) is 18.9 Å². The zero-order chi connectivity index (χ0) is 25.9. The molecule has 0 aliphatic rings. The minimum atomic E-state index is -4.68. The molecule has 4 rings (SSSR count). The third kappa shape index (κ3) is 5.40. The van der Waals surface area contributed by atoms with Gasteiger partial charge in [-0.15, -0.1) is 0 Å². The molecule has 0 fully saturated rings. The predicted octanol–water partition coefficient (Wildman–Crippen LogP) is 4.81. The van der Waals surface area contributed by atoms with Crippen LogP contribution in [0.4, 0.5) is 29.2 Å². The van der Waals surface area contributed by atoms with E-state index in [2.05, 4.69) is 25.4 Å². The second-order valence-corrected chi connectivity index (χ2v) is 7.26. The Labute approximate surface area is 201 Å². The standard InChI is InChI=1S/C23H18F4N6O3/c1-3-36-21(34)14-6-13(10-28-11-14)18-12-29-22(30-16-7-15(24)8-17(9-16)35-2)31-20(18)33-5-4-19(32-33)23(25,26)27/h4-12H,3H2,1-2H3,(H,29,30,31). The maximum absolute atomic E-state index is 13.9. The highest BCUT2D eigenvalue weighted by atomic mass is 19.4. The highest BCUT2D eigenvalue weighted by molar-refractivity contribution is 5.90. The molecular formula is C23H18F4N6O3. The van der Waals surface area contributed by atoms with Crippen molar-refractivity contribution in [1.82, 2.24) is 24.7 Å². The third-order valence-corrected chi connectivity index (χ3v) is 4.79. The van der Waals surface area contributed by atoms with Crippen LogP contribution in [0.1, 0.15) is 23.0 Å². The Kier molecular flexibility index (Phi) is 6.81. The largest absolute Gasteiger partial charge is 0.497 e. The van der Waals surface area contributed by atoms with E-state index in [0.29, 0.717) is 5.56 Å². The van der Waals surface area contributed by atoms with Gasteiger partial charge in [-0.3, -0.25) is 4.98 Å². The number of rotatable bonds is 7. The maximum Gasteiger partial charge on any atom is 0.435 e. The molecule has 186 valence electrons. The van der Waals surface area contributed by atoms with Crippen LogP contribution in [0.2, 0.25) is 0 Å². The number of esters is 1. The van der Waals surface area contributed by atoms with E-state index < -0.39 is 23.7 Å². The molecule has 0 atom stereocenters. The number of carbonyl (C=O) groups is 1. The number of hydrogen-bond donors (Lipinski definition) is 1. The van der Waals surface area contributed by atoms with Gasteiger partial charge in [-0.2, -0.15) is 23.3 Å². The van der Waals surface area contributed by atoms with E-state index in [1.807, 2.05) is 0 Å². The fourth-order valence-corrected chi connectivity index (χ4v) is 3.20. The van der Waals surface area contributed by atoms with E-state index in [1.165, 1.54) is 50.0 Å². The van der Waals surface area contributed by atoms with E-state index in [9.17, 15) is 22.4 Å². The lowest BCUT2D eigenvalue weighted by atomic mass is 10.1. The molecule has 0 aliphatic heterocycles. The number of benzene rings is 1. The van der Waals surface area contributed by atoms with Crippen molar-refractivity contribution in [2.24, 2.45) is 0 Å². The minimum absolute atomic E-state index is 0.0471. The zero-order valence-electron chi connectivity index (χ0n) is 18.9. The first-order chi connectivity index (χ1) is 17.2. The number of pyridine rings is 1. The molecule has 0 amide bonds. The number of ether oxygens (including phenoxy) is 2. The van der Waals surface area contributed by atoms with Crippen LogP contribution in [0.25, 0.3) is 16.9 Å². The molecule has 0 unspecified atom stereocenters. The van der Waals surface area contributed by atoms with Crippen molar-refractivity contribution in [3.05, 3.63) is 72.2 Å². The second-order valence-electron chi connectivity index (χ2n) is 7.26. The van der Waals surface area contributed by atoms with Crippen LogP contribution in [-0.4, -0.2) is 44.4 Å². The zero-order valence-corrected chi connectivity index (χ0v) is 18.9. The molecular weight excluding hydrogens is 484 g/mol. The number of methoxy groups -OCH3 is 1. The summed E-state index contributed by atoms with van der Waals surface area (Å²) in [5.74, 6) is -1.07. The molecule has 1 aromatic carbocycles. The summed E-state index contributed by atoms with van der Waals surface area (Å²) in [5, 5.41) is 6.39. The fourth-order valence-electron chi connectivity index (χ4n) is 3.20. The van der Waals surface area contributed by atoms with E-state index in [-0.39, 0.29) is 40.9 Å². The van der Waals surface area contributed by atoms with Crippen LogP contribution in [0, 0.1) is 5.82 Å². The summed E-state index contributed by atoms with van der Waals surface area (Å²) in [4.78, 5) is 24.7. The van der Waals surface area contributed by atoms with Gasteiger partial charge in [0.15, 0.2) is 11.5 Å². The summed E-state index contributed by atoms with van der Waals surface area (Å²) >= 11 is 0. The average Bonchev–Trinajstić information content (AvgIpc) is 3.35. The molecule has 1 N–H and O–H groups in total. The molecule has 0 aliphatic carbocycles. The van der Waals surface area contributed by atoms with Gasteiger partial charge in [0.25, 0.3) is 0 Å². The normalized spacial score (nSPS) is 11.3. The van der Waals surface area contributed by atoms with Gasteiger partial charge in [0, 0.05) is 53.7 Å². The summed E-state index contributed by atoms with van der Waals surface area (Å²) in [5.41, 5.74) is -0.194. The molecule has 3 aromatic heterocycles. The highest BCUT2D eigenvalue weighted by Gasteiger charge is 2.34. The Hall–Kier alpha value is -4.55. The summed E-state index contributed by atoms with van der Waals surface area (Å²) in [6, 6.07) is 6.08. The molecule has 4 aromatic rings. The van der Waals surface area contributed by atoms with Crippen molar-refractivity contribution < 1.29 is 31.8 Å². The topological polar surface area (TPSA) is 104 Å². The first kappa shape index (κ1) is 24.6. The van der Waals surface area contributed by atoms with Crippen LogP contribution >= 0.6 is 0 Å². The van der Waals surface area contributed by atoms with Crippen LogP contribution in [0.5, 0.6) is 5.75 Å². The number of hydrogen-bond acceptors (Lipinski definition) is 8. The second kappa shape index (κ2) is 9.98. The van der Waals surface area contributed by atoms with E-state index in [1.54, 1.807) is 6.92 Å². The minimum Gasteiger partial charge on any atom is -0.497 e. The Morgan fingerprint density at radius 3 is 2.64 bits per heavy atom. The van der Waals surface area contributed by atoms with Gasteiger partial charge in [0.1, 0.15) is 11.6 Å². The Bertz CT molecular complexity index is 1410. The van der Waals surface area contributed by atoms with Crippen molar-refractivity contribution in [2.45, 2.75) is 13.1 Å². The summed E-state index contributed by atoms with van der Waals surface area (Å²) < 4.78 is 64.4. The number of nitrogens with zero attached hydrogens (tertiary/aromatic N) is 5. The van der Waals surface area contributed by atoms with E-state index >= 15 is 0 Å². The summed E-state index contributed by atoms with van der Waals surface area (Å²) in [6.07, 6.45) is 0.423. The summed E-state index contributed by atoms with van der Waals surface area (Å²) in [6.45, 7) is 1.80. The Morgan fingerprint density at radius 1 is 1.14 bits per heavy atom. The Balaban J connectivity index is 1.81. The molecule has 0 radical (unpaired) electrons. The number of nitrogens with one attached hydrogen (secondary N) is 1. The molecule has 36 heavy (non-hydrogen) atoms. The van der Waals surface area contributed by atoms with Gasteiger partial charge in [0.2, 0.25) is 5.95 Å². The van der Waals surface area contributed by atoms with Gasteiger partial charge >= 0.3 is 12.1 Å². The lowest BCUT2D eigenvalue weighted by Crippen LogP contribution is -2.10. The molecule has 3 heterocycles. The lowest BCUT2D eigenvalue weighted by Gasteiger charge is -2.13. The van der Waals surface area contributed by atoms with E-state index in [4.69, 9.17) is 9.47 Å². The van der Waals surface area contributed by atoms with E-state index in [0.717, 1.165) is 16.9 Å². The van der Waals surface area contributed by atoms with Crippen molar-refractivity contribution >= 4 is 17.6 Å². The van der Waals surface area contributed by atoms with Gasteiger partial charge < -0.3 is 14.8 Å². The number of alkyl halides is 3. The van der Waals surface area contributed by atoms with Gasteiger partial charge in [-0.1, -0.05) is 0 Å². The first-order valence-corrected chi connectivity index (χ1v) is 10.4. The quantitative estimate of drug-likeness (QED) is 0.284. The molecule has 0 bridgehead atoms. The average molecular weight is 502 g/mol. The number of anilines is 2. The first-order valence-electron chi connectivity index (χ1n) is 10.4. The molecule has 0 saturated carbocycles. The van der Waals surface area contributed by atoms with Crippen molar-refractivity contribution in [3.8, 4) is 22.7 Å².